The summed E-state index contributed by atoms with van der Waals surface area (Å²) in [7, 11) is -3.77. The van der Waals surface area contributed by atoms with Gasteiger partial charge in [-0.05, 0) is 46.3 Å². The van der Waals surface area contributed by atoms with Gasteiger partial charge in [-0.25, -0.2) is 17.9 Å². The van der Waals surface area contributed by atoms with Crippen LogP contribution < -0.4 is 9.88 Å². The van der Waals surface area contributed by atoms with Gasteiger partial charge in [0, 0.05) is 5.56 Å². The third-order valence-electron chi connectivity index (χ3n) is 2.63. The smallest absolute Gasteiger partial charge is 0.238 e. The van der Waals surface area contributed by atoms with Crippen molar-refractivity contribution in [2.75, 3.05) is 0 Å². The molecule has 112 valence electrons. The second kappa shape index (κ2) is 6.31. The minimum absolute atomic E-state index is 0.0264. The SMILES string of the molecule is NS(=O)(=O)c1ccc(OCc2ccc(F)cc2Cl)c(Br)c1. The van der Waals surface area contributed by atoms with Crippen LogP contribution in [0.3, 0.4) is 0 Å². The number of sulfonamides is 1. The van der Waals surface area contributed by atoms with E-state index in [2.05, 4.69) is 15.9 Å². The fraction of sp³-hybridized carbons (Fsp3) is 0.0769. The molecule has 0 unspecified atom stereocenters. The van der Waals surface area contributed by atoms with Crippen LogP contribution in [0.2, 0.25) is 5.02 Å². The molecule has 0 amide bonds. The van der Waals surface area contributed by atoms with Crippen LogP contribution in [0.1, 0.15) is 5.56 Å². The highest BCUT2D eigenvalue weighted by Gasteiger charge is 2.11. The summed E-state index contributed by atoms with van der Waals surface area (Å²) in [5.74, 6) is -0.00905. The molecule has 2 N–H and O–H groups in total. The first-order valence-electron chi connectivity index (χ1n) is 5.66. The van der Waals surface area contributed by atoms with Crippen LogP contribution in [0.4, 0.5) is 4.39 Å². The fourth-order valence-electron chi connectivity index (χ4n) is 1.57. The summed E-state index contributed by atoms with van der Waals surface area (Å²) in [5, 5.41) is 5.29. The Bertz CT molecular complexity index is 783. The summed E-state index contributed by atoms with van der Waals surface area (Å²) in [6, 6.07) is 8.15. The third kappa shape index (κ3) is 4.16. The van der Waals surface area contributed by atoms with Gasteiger partial charge in [0.25, 0.3) is 0 Å². The number of halogens is 3. The van der Waals surface area contributed by atoms with Gasteiger partial charge < -0.3 is 4.74 Å². The van der Waals surface area contributed by atoms with E-state index in [1.54, 1.807) is 0 Å². The van der Waals surface area contributed by atoms with Crippen LogP contribution in [-0.4, -0.2) is 8.42 Å². The van der Waals surface area contributed by atoms with E-state index in [0.29, 0.717) is 15.8 Å². The Balaban J connectivity index is 2.17. The molecule has 0 spiro atoms. The van der Waals surface area contributed by atoms with Crippen molar-refractivity contribution < 1.29 is 17.5 Å². The highest BCUT2D eigenvalue weighted by Crippen LogP contribution is 2.29. The lowest BCUT2D eigenvalue weighted by Gasteiger charge is -2.10. The van der Waals surface area contributed by atoms with Gasteiger partial charge in [-0.2, -0.15) is 0 Å². The predicted molar refractivity (Wildman–Crippen MR) is 81.3 cm³/mol. The maximum atomic E-state index is 12.9. The molecule has 0 saturated carbocycles. The van der Waals surface area contributed by atoms with Crippen molar-refractivity contribution in [2.24, 2.45) is 5.14 Å². The van der Waals surface area contributed by atoms with Crippen LogP contribution in [0.15, 0.2) is 45.8 Å². The van der Waals surface area contributed by atoms with Crippen molar-refractivity contribution in [3.05, 3.63) is 57.3 Å². The Morgan fingerprint density at radius 3 is 2.52 bits per heavy atom. The van der Waals surface area contributed by atoms with Crippen molar-refractivity contribution in [1.82, 2.24) is 0 Å². The summed E-state index contributed by atoms with van der Waals surface area (Å²) >= 11 is 9.10. The molecule has 0 heterocycles. The fourth-order valence-corrected chi connectivity index (χ4v) is 2.98. The van der Waals surface area contributed by atoms with E-state index in [4.69, 9.17) is 21.5 Å². The first-order chi connectivity index (χ1) is 9.77. The Morgan fingerprint density at radius 1 is 1.24 bits per heavy atom. The molecule has 0 saturated heterocycles. The van der Waals surface area contributed by atoms with Crippen molar-refractivity contribution in [3.63, 3.8) is 0 Å². The Morgan fingerprint density at radius 2 is 1.95 bits per heavy atom. The molecular weight excluding hydrogens is 385 g/mol. The molecule has 0 fully saturated rings. The summed E-state index contributed by atoms with van der Waals surface area (Å²) < 4.78 is 41.3. The van der Waals surface area contributed by atoms with Crippen LogP contribution >= 0.6 is 27.5 Å². The van der Waals surface area contributed by atoms with Crippen LogP contribution in [0, 0.1) is 5.82 Å². The lowest BCUT2D eigenvalue weighted by atomic mass is 10.2. The monoisotopic (exact) mass is 393 g/mol. The molecule has 8 heteroatoms. The number of hydrogen-bond donors (Lipinski definition) is 1. The largest absolute Gasteiger partial charge is 0.488 e. The van der Waals surface area contributed by atoms with E-state index in [0.717, 1.165) is 0 Å². The standard InChI is InChI=1S/C13H10BrClFNO3S/c14-11-6-10(21(17,18)19)3-4-13(11)20-7-8-1-2-9(16)5-12(8)15/h1-6H,7H2,(H2,17,18,19). The van der Waals surface area contributed by atoms with Gasteiger partial charge >= 0.3 is 0 Å². The Labute approximate surface area is 134 Å². The van der Waals surface area contributed by atoms with Crippen LogP contribution in [-0.2, 0) is 16.6 Å². The molecule has 0 aliphatic carbocycles. The molecule has 21 heavy (non-hydrogen) atoms. The Kier molecular flexibility index (Phi) is 4.88. The predicted octanol–water partition coefficient (Wildman–Crippen LogP) is 3.47. The zero-order valence-electron chi connectivity index (χ0n) is 10.5. The molecule has 0 radical (unpaired) electrons. The van der Waals surface area contributed by atoms with Gasteiger partial charge in [0.1, 0.15) is 18.2 Å². The molecule has 2 rings (SSSR count). The quantitative estimate of drug-likeness (QED) is 0.863. The van der Waals surface area contributed by atoms with E-state index in [-0.39, 0.29) is 16.5 Å². The highest BCUT2D eigenvalue weighted by atomic mass is 79.9. The molecule has 0 atom stereocenters. The minimum atomic E-state index is -3.77. The molecule has 0 aliphatic heterocycles. The summed E-state index contributed by atoms with van der Waals surface area (Å²) in [5.41, 5.74) is 0.612. The lowest BCUT2D eigenvalue weighted by molar-refractivity contribution is 0.304. The molecule has 0 aromatic heterocycles. The molecule has 2 aromatic carbocycles. The third-order valence-corrected chi connectivity index (χ3v) is 4.51. The average molecular weight is 395 g/mol. The van der Waals surface area contributed by atoms with Gasteiger partial charge in [0.15, 0.2) is 0 Å². The molecule has 0 bridgehead atoms. The molecule has 2 aromatic rings. The number of ether oxygens (including phenoxy) is 1. The van der Waals surface area contributed by atoms with Gasteiger partial charge in [0.2, 0.25) is 10.0 Å². The van der Waals surface area contributed by atoms with E-state index in [1.807, 2.05) is 0 Å². The van der Waals surface area contributed by atoms with Gasteiger partial charge in [-0.15, -0.1) is 0 Å². The second-order valence-electron chi connectivity index (χ2n) is 4.16. The number of primary sulfonamides is 1. The maximum absolute atomic E-state index is 12.9. The van der Waals surface area contributed by atoms with Crippen molar-refractivity contribution in [2.45, 2.75) is 11.5 Å². The highest BCUT2D eigenvalue weighted by molar-refractivity contribution is 9.10. The molecule has 0 aliphatic rings. The van der Waals surface area contributed by atoms with Crippen LogP contribution in [0.25, 0.3) is 0 Å². The van der Waals surface area contributed by atoms with Gasteiger partial charge in [0.05, 0.1) is 14.4 Å². The van der Waals surface area contributed by atoms with Gasteiger partial charge in [-0.1, -0.05) is 17.7 Å². The van der Waals surface area contributed by atoms with E-state index in [9.17, 15) is 12.8 Å². The van der Waals surface area contributed by atoms with Crippen molar-refractivity contribution in [1.29, 1.82) is 0 Å². The summed E-state index contributed by atoms with van der Waals surface area (Å²) in [6.07, 6.45) is 0. The number of hydrogen-bond acceptors (Lipinski definition) is 3. The maximum Gasteiger partial charge on any atom is 0.238 e. The zero-order chi connectivity index (χ0) is 15.6. The van der Waals surface area contributed by atoms with E-state index in [1.165, 1.54) is 36.4 Å². The van der Waals surface area contributed by atoms with E-state index < -0.39 is 15.8 Å². The molecule has 4 nitrogen and oxygen atoms in total. The minimum Gasteiger partial charge on any atom is -0.488 e. The zero-order valence-corrected chi connectivity index (χ0v) is 13.7. The summed E-state index contributed by atoms with van der Waals surface area (Å²) in [6.45, 7) is 0.117. The summed E-state index contributed by atoms with van der Waals surface area (Å²) in [4.78, 5) is -0.0264. The normalized spacial score (nSPS) is 11.4. The lowest BCUT2D eigenvalue weighted by Crippen LogP contribution is -2.12. The average Bonchev–Trinajstić information content (AvgIpc) is 2.38. The van der Waals surface area contributed by atoms with Crippen molar-refractivity contribution >= 4 is 37.6 Å². The second-order valence-corrected chi connectivity index (χ2v) is 6.98. The van der Waals surface area contributed by atoms with Gasteiger partial charge in [-0.3, -0.25) is 0 Å². The number of rotatable bonds is 4. The first-order valence-corrected chi connectivity index (χ1v) is 8.38. The van der Waals surface area contributed by atoms with Crippen LogP contribution in [0.5, 0.6) is 5.75 Å². The Hall–Kier alpha value is -1.15. The number of benzene rings is 2. The molecular formula is C13H10BrClFNO3S. The first kappa shape index (κ1) is 16.2. The van der Waals surface area contributed by atoms with E-state index >= 15 is 0 Å². The topological polar surface area (TPSA) is 69.4 Å². The van der Waals surface area contributed by atoms with Crippen molar-refractivity contribution in [3.8, 4) is 5.75 Å². The number of nitrogens with two attached hydrogens (primary N) is 1.